The molecule has 4 nitrogen and oxygen atoms in total. The second-order valence-electron chi connectivity index (χ2n) is 4.50. The monoisotopic (exact) mass is 247 g/mol. The maximum absolute atomic E-state index is 9.17. The van der Waals surface area contributed by atoms with Crippen LogP contribution < -0.4 is 0 Å². The summed E-state index contributed by atoms with van der Waals surface area (Å²) in [6.07, 6.45) is 0. The van der Waals surface area contributed by atoms with Crippen LogP contribution in [0.3, 0.4) is 0 Å². The van der Waals surface area contributed by atoms with E-state index in [4.69, 9.17) is 16.0 Å². The van der Waals surface area contributed by atoms with Gasteiger partial charge in [-0.15, -0.1) is 0 Å². The van der Waals surface area contributed by atoms with E-state index in [9.17, 15) is 10.2 Å². The molecule has 1 aromatic rings. The maximum atomic E-state index is 9.17. The highest BCUT2D eigenvalue weighted by Crippen LogP contribution is 2.19. The Balaban J connectivity index is 2.50. The lowest BCUT2D eigenvalue weighted by Crippen LogP contribution is -2.38. The highest BCUT2D eigenvalue weighted by atomic mass is 35.5. The molecule has 0 aliphatic rings. The molecule has 0 atom stereocenters. The van der Waals surface area contributed by atoms with Gasteiger partial charge in [-0.3, -0.25) is 4.90 Å². The SMILES string of the molecule is CN(Cc1ccc(Cl)o1)CC(C)(CO)CO. The first-order chi connectivity index (χ1) is 7.49. The normalized spacial score (nSPS) is 12.4. The van der Waals surface area contributed by atoms with E-state index in [2.05, 4.69) is 0 Å². The van der Waals surface area contributed by atoms with Gasteiger partial charge in [-0.2, -0.15) is 0 Å². The van der Waals surface area contributed by atoms with Crippen molar-refractivity contribution in [3.05, 3.63) is 23.1 Å². The van der Waals surface area contributed by atoms with Gasteiger partial charge in [-0.05, 0) is 30.8 Å². The molecular formula is C11H18ClNO3. The number of furan rings is 1. The standard InChI is InChI=1S/C11H18ClNO3/c1-11(7-14,8-15)6-13(2)5-9-3-4-10(12)16-9/h3-4,14-15H,5-8H2,1-2H3. The van der Waals surface area contributed by atoms with Gasteiger partial charge in [0.05, 0.1) is 19.8 Å². The Bertz CT molecular complexity index is 323. The minimum Gasteiger partial charge on any atom is -0.448 e. The van der Waals surface area contributed by atoms with Crippen LogP contribution in [0, 0.1) is 5.41 Å². The third-order valence-corrected chi connectivity index (χ3v) is 2.67. The number of aliphatic hydroxyl groups excluding tert-OH is 2. The second-order valence-corrected chi connectivity index (χ2v) is 4.88. The lowest BCUT2D eigenvalue weighted by Gasteiger charge is -2.29. The van der Waals surface area contributed by atoms with Crippen molar-refractivity contribution in [1.29, 1.82) is 0 Å². The zero-order chi connectivity index (χ0) is 12.2. The van der Waals surface area contributed by atoms with Gasteiger partial charge in [0.1, 0.15) is 5.76 Å². The number of rotatable bonds is 6. The van der Waals surface area contributed by atoms with Crippen LogP contribution in [-0.4, -0.2) is 41.9 Å². The maximum Gasteiger partial charge on any atom is 0.193 e. The molecule has 1 aromatic heterocycles. The first kappa shape index (κ1) is 13.5. The van der Waals surface area contributed by atoms with Crippen LogP contribution >= 0.6 is 11.6 Å². The molecule has 0 fully saturated rings. The van der Waals surface area contributed by atoms with Crippen molar-refractivity contribution in [2.24, 2.45) is 5.41 Å². The molecule has 16 heavy (non-hydrogen) atoms. The number of halogens is 1. The lowest BCUT2D eigenvalue weighted by molar-refractivity contribution is 0.0387. The first-order valence-corrected chi connectivity index (χ1v) is 5.51. The largest absolute Gasteiger partial charge is 0.448 e. The van der Waals surface area contributed by atoms with E-state index in [1.807, 2.05) is 24.9 Å². The van der Waals surface area contributed by atoms with E-state index in [0.29, 0.717) is 18.3 Å². The van der Waals surface area contributed by atoms with Crippen molar-refractivity contribution in [3.63, 3.8) is 0 Å². The van der Waals surface area contributed by atoms with Gasteiger partial charge < -0.3 is 14.6 Å². The van der Waals surface area contributed by atoms with Crippen molar-refractivity contribution < 1.29 is 14.6 Å². The van der Waals surface area contributed by atoms with E-state index in [0.717, 1.165) is 5.76 Å². The highest BCUT2D eigenvalue weighted by Gasteiger charge is 2.24. The molecule has 0 aromatic carbocycles. The molecule has 5 heteroatoms. The van der Waals surface area contributed by atoms with Crippen LogP contribution in [0.4, 0.5) is 0 Å². The number of hydrogen-bond acceptors (Lipinski definition) is 4. The second kappa shape index (κ2) is 5.68. The van der Waals surface area contributed by atoms with Crippen LogP contribution in [0.5, 0.6) is 0 Å². The van der Waals surface area contributed by atoms with Crippen molar-refractivity contribution in [1.82, 2.24) is 4.90 Å². The Morgan fingerprint density at radius 3 is 2.44 bits per heavy atom. The van der Waals surface area contributed by atoms with Gasteiger partial charge in [-0.1, -0.05) is 6.92 Å². The number of aliphatic hydroxyl groups is 2. The Hall–Kier alpha value is -0.550. The summed E-state index contributed by atoms with van der Waals surface area (Å²) in [5, 5.41) is 18.7. The predicted octanol–water partition coefficient (Wildman–Crippen LogP) is 1.36. The summed E-state index contributed by atoms with van der Waals surface area (Å²) < 4.78 is 5.23. The van der Waals surface area contributed by atoms with Gasteiger partial charge in [0, 0.05) is 12.0 Å². The quantitative estimate of drug-likeness (QED) is 0.797. The van der Waals surface area contributed by atoms with Crippen molar-refractivity contribution in [3.8, 4) is 0 Å². The Kier molecular flexibility index (Phi) is 4.80. The summed E-state index contributed by atoms with van der Waals surface area (Å²) in [6, 6.07) is 3.51. The molecule has 0 amide bonds. The Morgan fingerprint density at radius 1 is 1.38 bits per heavy atom. The summed E-state index contributed by atoms with van der Waals surface area (Å²) in [5.74, 6) is 0.769. The zero-order valence-electron chi connectivity index (χ0n) is 9.61. The Morgan fingerprint density at radius 2 is 2.00 bits per heavy atom. The van der Waals surface area contributed by atoms with E-state index >= 15 is 0 Å². The smallest absolute Gasteiger partial charge is 0.193 e. The van der Waals surface area contributed by atoms with E-state index in [1.165, 1.54) is 0 Å². The molecule has 1 rings (SSSR count). The topological polar surface area (TPSA) is 56.8 Å². The summed E-state index contributed by atoms with van der Waals surface area (Å²) >= 11 is 5.67. The first-order valence-electron chi connectivity index (χ1n) is 5.13. The molecule has 0 saturated heterocycles. The summed E-state index contributed by atoms with van der Waals surface area (Å²) in [5.41, 5.74) is -0.495. The molecular weight excluding hydrogens is 230 g/mol. The molecule has 0 bridgehead atoms. The van der Waals surface area contributed by atoms with Crippen molar-refractivity contribution in [2.75, 3.05) is 26.8 Å². The fraction of sp³-hybridized carbons (Fsp3) is 0.636. The average Bonchev–Trinajstić information content (AvgIpc) is 2.63. The molecule has 1 heterocycles. The van der Waals surface area contributed by atoms with Gasteiger partial charge in [-0.25, -0.2) is 0 Å². The van der Waals surface area contributed by atoms with Crippen LogP contribution in [-0.2, 0) is 6.54 Å². The van der Waals surface area contributed by atoms with Gasteiger partial charge in [0.2, 0.25) is 0 Å². The molecule has 0 unspecified atom stereocenters. The predicted molar refractivity (Wildman–Crippen MR) is 62.3 cm³/mol. The summed E-state index contributed by atoms with van der Waals surface area (Å²) in [4.78, 5) is 1.97. The lowest BCUT2D eigenvalue weighted by atomic mass is 9.92. The molecule has 2 N–H and O–H groups in total. The average molecular weight is 248 g/mol. The molecule has 0 aliphatic carbocycles. The van der Waals surface area contributed by atoms with Gasteiger partial charge in [0.15, 0.2) is 5.22 Å². The van der Waals surface area contributed by atoms with Crippen molar-refractivity contribution >= 4 is 11.6 Å². The fourth-order valence-electron chi connectivity index (χ4n) is 1.56. The van der Waals surface area contributed by atoms with Crippen LogP contribution in [0.2, 0.25) is 5.22 Å². The van der Waals surface area contributed by atoms with E-state index in [-0.39, 0.29) is 13.2 Å². The minimum absolute atomic E-state index is 0.0489. The van der Waals surface area contributed by atoms with E-state index in [1.54, 1.807) is 6.07 Å². The molecule has 0 spiro atoms. The van der Waals surface area contributed by atoms with Crippen molar-refractivity contribution in [2.45, 2.75) is 13.5 Å². The van der Waals surface area contributed by atoms with Gasteiger partial charge in [0.25, 0.3) is 0 Å². The summed E-state index contributed by atoms with van der Waals surface area (Å²) in [7, 11) is 1.90. The van der Waals surface area contributed by atoms with E-state index < -0.39 is 5.41 Å². The van der Waals surface area contributed by atoms with Crippen LogP contribution in [0.15, 0.2) is 16.5 Å². The molecule has 0 aliphatic heterocycles. The zero-order valence-corrected chi connectivity index (χ0v) is 10.4. The number of nitrogens with zero attached hydrogens (tertiary/aromatic N) is 1. The number of hydrogen-bond donors (Lipinski definition) is 2. The van der Waals surface area contributed by atoms with Crippen LogP contribution in [0.1, 0.15) is 12.7 Å². The highest BCUT2D eigenvalue weighted by molar-refractivity contribution is 6.28. The van der Waals surface area contributed by atoms with Crippen LogP contribution in [0.25, 0.3) is 0 Å². The molecule has 92 valence electrons. The fourth-order valence-corrected chi connectivity index (χ4v) is 1.72. The third-order valence-electron chi connectivity index (χ3n) is 2.47. The molecule has 0 radical (unpaired) electrons. The minimum atomic E-state index is -0.495. The Labute approximate surface area is 100 Å². The molecule has 0 saturated carbocycles. The third kappa shape index (κ3) is 3.79. The summed E-state index contributed by atoms with van der Waals surface area (Å²) in [6.45, 7) is 2.92. The van der Waals surface area contributed by atoms with Gasteiger partial charge >= 0.3 is 0 Å².